The Morgan fingerprint density at radius 3 is 2.50 bits per heavy atom. The summed E-state index contributed by atoms with van der Waals surface area (Å²) in [6.07, 6.45) is 1.59. The van der Waals surface area contributed by atoms with Gasteiger partial charge in [0, 0.05) is 27.9 Å². The third-order valence-corrected chi connectivity index (χ3v) is 5.45. The maximum Gasteiger partial charge on any atom is 0.283 e. The second-order valence-electron chi connectivity index (χ2n) is 6.11. The number of nitrogens with zero attached hydrogens (tertiary/aromatic N) is 2. The van der Waals surface area contributed by atoms with Crippen LogP contribution in [0.5, 0.6) is 0 Å². The Morgan fingerprint density at radius 2 is 1.80 bits per heavy atom. The van der Waals surface area contributed by atoms with Crippen molar-refractivity contribution in [3.63, 3.8) is 0 Å². The molecular weight excluding hydrogens is 447 g/mol. The van der Waals surface area contributed by atoms with Gasteiger partial charge in [-0.15, -0.1) is 11.3 Å². The monoisotopic (exact) mass is 458 g/mol. The van der Waals surface area contributed by atoms with Crippen molar-refractivity contribution in [1.82, 2.24) is 4.98 Å². The zero-order valence-corrected chi connectivity index (χ0v) is 17.4. The standard InChI is InChI=1S/C20H12Cl2N4O3S/c21-12-4-6-14(7-5-12)26-18(28)15(22)16(19(26)29)24-13-3-1-2-11(10-13)17(27)25-20-23-8-9-30-20/h1-10,24H,(H,23,25,27). The number of aromatic nitrogens is 1. The highest BCUT2D eigenvalue weighted by Crippen LogP contribution is 2.31. The number of nitrogens with one attached hydrogen (secondary N) is 2. The first-order chi connectivity index (χ1) is 14.4. The van der Waals surface area contributed by atoms with E-state index in [-0.39, 0.29) is 16.6 Å². The normalized spacial score (nSPS) is 13.7. The number of benzene rings is 2. The average Bonchev–Trinajstić information content (AvgIpc) is 3.32. The number of anilines is 3. The van der Waals surface area contributed by atoms with Crippen LogP contribution < -0.4 is 15.5 Å². The van der Waals surface area contributed by atoms with Crippen molar-refractivity contribution >= 4 is 68.8 Å². The van der Waals surface area contributed by atoms with Crippen molar-refractivity contribution in [1.29, 1.82) is 0 Å². The first-order valence-corrected chi connectivity index (χ1v) is 10.2. The molecule has 30 heavy (non-hydrogen) atoms. The number of carbonyl (C=O) groups excluding carboxylic acids is 3. The number of rotatable bonds is 5. The number of halogens is 2. The van der Waals surface area contributed by atoms with Crippen molar-refractivity contribution in [3.05, 3.63) is 81.4 Å². The van der Waals surface area contributed by atoms with Gasteiger partial charge in [0.05, 0.1) is 5.69 Å². The predicted molar refractivity (Wildman–Crippen MR) is 117 cm³/mol. The predicted octanol–water partition coefficient (Wildman–Crippen LogP) is 4.48. The van der Waals surface area contributed by atoms with Crippen molar-refractivity contribution in [3.8, 4) is 0 Å². The van der Waals surface area contributed by atoms with Gasteiger partial charge in [-0.05, 0) is 42.5 Å². The van der Waals surface area contributed by atoms with Gasteiger partial charge in [0.2, 0.25) is 0 Å². The van der Waals surface area contributed by atoms with Crippen LogP contribution in [0.3, 0.4) is 0 Å². The van der Waals surface area contributed by atoms with Gasteiger partial charge in [-0.1, -0.05) is 29.3 Å². The number of amides is 3. The van der Waals surface area contributed by atoms with E-state index in [4.69, 9.17) is 23.2 Å². The molecule has 0 aliphatic carbocycles. The van der Waals surface area contributed by atoms with Crippen molar-refractivity contribution in [2.45, 2.75) is 0 Å². The van der Waals surface area contributed by atoms with Gasteiger partial charge in [-0.3, -0.25) is 19.7 Å². The molecule has 0 unspecified atom stereocenters. The fourth-order valence-electron chi connectivity index (χ4n) is 2.77. The van der Waals surface area contributed by atoms with E-state index in [1.54, 1.807) is 60.1 Å². The van der Waals surface area contributed by atoms with Crippen LogP contribution in [-0.4, -0.2) is 22.7 Å². The van der Waals surface area contributed by atoms with Crippen LogP contribution in [0.25, 0.3) is 0 Å². The zero-order chi connectivity index (χ0) is 21.3. The Labute approximate surface area is 184 Å². The minimum Gasteiger partial charge on any atom is -0.350 e. The average molecular weight is 459 g/mol. The number of hydrogen-bond acceptors (Lipinski definition) is 6. The van der Waals surface area contributed by atoms with Crippen LogP contribution in [0.1, 0.15) is 10.4 Å². The minimum absolute atomic E-state index is 0.0749. The molecule has 0 bridgehead atoms. The van der Waals surface area contributed by atoms with E-state index in [1.165, 1.54) is 11.3 Å². The molecule has 0 saturated heterocycles. The zero-order valence-electron chi connectivity index (χ0n) is 15.1. The summed E-state index contributed by atoms with van der Waals surface area (Å²) < 4.78 is 0. The lowest BCUT2D eigenvalue weighted by Crippen LogP contribution is -2.32. The smallest absolute Gasteiger partial charge is 0.283 e. The number of imide groups is 1. The van der Waals surface area contributed by atoms with E-state index < -0.39 is 11.8 Å². The molecule has 2 N–H and O–H groups in total. The number of thiazole rings is 1. The molecule has 3 amide bonds. The molecule has 7 nitrogen and oxygen atoms in total. The Kier molecular flexibility index (Phi) is 5.54. The highest BCUT2D eigenvalue weighted by Gasteiger charge is 2.38. The fraction of sp³-hybridized carbons (Fsp3) is 0. The molecule has 3 aromatic rings. The highest BCUT2D eigenvalue weighted by molar-refractivity contribution is 7.13. The maximum atomic E-state index is 12.8. The summed E-state index contributed by atoms with van der Waals surface area (Å²) in [6.45, 7) is 0. The van der Waals surface area contributed by atoms with Crippen molar-refractivity contribution in [2.24, 2.45) is 0 Å². The molecule has 150 valence electrons. The molecule has 0 radical (unpaired) electrons. The van der Waals surface area contributed by atoms with Gasteiger partial charge in [0.15, 0.2) is 5.13 Å². The molecule has 0 spiro atoms. The first-order valence-electron chi connectivity index (χ1n) is 8.56. The van der Waals surface area contributed by atoms with Gasteiger partial charge in [0.25, 0.3) is 17.7 Å². The Balaban J connectivity index is 1.55. The largest absolute Gasteiger partial charge is 0.350 e. The summed E-state index contributed by atoms with van der Waals surface area (Å²) in [6, 6.07) is 12.7. The molecule has 2 heterocycles. The molecule has 0 atom stereocenters. The lowest BCUT2D eigenvalue weighted by atomic mass is 10.2. The van der Waals surface area contributed by atoms with E-state index in [2.05, 4.69) is 15.6 Å². The Hall–Kier alpha value is -3.20. The van der Waals surface area contributed by atoms with Crippen molar-refractivity contribution < 1.29 is 14.4 Å². The van der Waals surface area contributed by atoms with Crippen LogP contribution >= 0.6 is 34.5 Å². The molecule has 0 fully saturated rings. The summed E-state index contributed by atoms with van der Waals surface area (Å²) >= 11 is 13.3. The second kappa shape index (κ2) is 8.27. The SMILES string of the molecule is O=C(Nc1nccs1)c1cccc(NC2=C(Cl)C(=O)N(c3ccc(Cl)cc3)C2=O)c1. The quantitative estimate of drug-likeness (QED) is 0.549. The first kappa shape index (κ1) is 20.1. The molecule has 0 saturated carbocycles. The molecule has 1 aromatic heterocycles. The van der Waals surface area contributed by atoms with E-state index in [0.717, 1.165) is 4.90 Å². The van der Waals surface area contributed by atoms with Crippen molar-refractivity contribution in [2.75, 3.05) is 15.5 Å². The number of carbonyl (C=O) groups is 3. The van der Waals surface area contributed by atoms with Gasteiger partial charge in [0.1, 0.15) is 10.7 Å². The van der Waals surface area contributed by atoms with Gasteiger partial charge < -0.3 is 5.32 Å². The lowest BCUT2D eigenvalue weighted by molar-refractivity contribution is -0.120. The summed E-state index contributed by atoms with van der Waals surface area (Å²) in [5, 5.41) is 7.98. The summed E-state index contributed by atoms with van der Waals surface area (Å²) in [5.41, 5.74) is 1.04. The van der Waals surface area contributed by atoms with E-state index in [1.807, 2.05) is 0 Å². The maximum absolute atomic E-state index is 12.8. The van der Waals surface area contributed by atoms with Crippen LogP contribution in [0.15, 0.2) is 70.8 Å². The van der Waals surface area contributed by atoms with Crippen LogP contribution in [0.2, 0.25) is 5.02 Å². The van der Waals surface area contributed by atoms with Gasteiger partial charge in [-0.2, -0.15) is 0 Å². The molecule has 4 rings (SSSR count). The Bertz CT molecular complexity index is 1180. The second-order valence-corrected chi connectivity index (χ2v) is 7.82. The summed E-state index contributed by atoms with van der Waals surface area (Å²) in [7, 11) is 0. The summed E-state index contributed by atoms with van der Waals surface area (Å²) in [4.78, 5) is 42.7. The topological polar surface area (TPSA) is 91.4 Å². The summed E-state index contributed by atoms with van der Waals surface area (Å²) in [5.74, 6) is -1.61. The third-order valence-electron chi connectivity index (χ3n) is 4.16. The number of hydrogen-bond donors (Lipinski definition) is 2. The third kappa shape index (κ3) is 3.93. The molecule has 1 aliphatic rings. The van der Waals surface area contributed by atoms with Crippen LogP contribution in [0.4, 0.5) is 16.5 Å². The molecular formula is C20H12Cl2N4O3S. The molecule has 2 aromatic carbocycles. The molecule has 10 heteroatoms. The van der Waals surface area contributed by atoms with E-state index in [9.17, 15) is 14.4 Å². The van der Waals surface area contributed by atoms with Gasteiger partial charge in [-0.25, -0.2) is 9.88 Å². The minimum atomic E-state index is -0.649. The lowest BCUT2D eigenvalue weighted by Gasteiger charge is -2.15. The Morgan fingerprint density at radius 1 is 1.03 bits per heavy atom. The van der Waals surface area contributed by atoms with Crippen LogP contribution in [-0.2, 0) is 9.59 Å². The van der Waals surface area contributed by atoms with E-state index >= 15 is 0 Å². The highest BCUT2D eigenvalue weighted by atomic mass is 35.5. The van der Waals surface area contributed by atoms with Crippen LogP contribution in [0, 0.1) is 0 Å². The van der Waals surface area contributed by atoms with Gasteiger partial charge >= 0.3 is 0 Å². The van der Waals surface area contributed by atoms with E-state index in [0.29, 0.717) is 27.1 Å². The fourth-order valence-corrected chi connectivity index (χ4v) is 3.64. The molecule has 1 aliphatic heterocycles.